The summed E-state index contributed by atoms with van der Waals surface area (Å²) >= 11 is 1.39. The topological polar surface area (TPSA) is 72.5 Å². The highest BCUT2D eigenvalue weighted by atomic mass is 32.2. The van der Waals surface area contributed by atoms with E-state index in [1.54, 1.807) is 4.57 Å². The molecular formula is C27H31N5O2S. The molecule has 182 valence electrons. The second-order valence-corrected chi connectivity index (χ2v) is 10.9. The molecule has 1 saturated carbocycles. The summed E-state index contributed by atoms with van der Waals surface area (Å²) in [5.74, 6) is 0.550. The van der Waals surface area contributed by atoms with Gasteiger partial charge in [-0.3, -0.25) is 14.0 Å². The summed E-state index contributed by atoms with van der Waals surface area (Å²) in [6.07, 6.45) is 5.76. The fourth-order valence-corrected chi connectivity index (χ4v) is 6.13. The number of rotatable bonds is 5. The Kier molecular flexibility index (Phi) is 6.40. The van der Waals surface area contributed by atoms with Crippen molar-refractivity contribution in [3.05, 3.63) is 63.9 Å². The third-order valence-electron chi connectivity index (χ3n) is 7.09. The summed E-state index contributed by atoms with van der Waals surface area (Å²) in [4.78, 5) is 28.8. The second kappa shape index (κ2) is 9.49. The molecule has 1 unspecified atom stereocenters. The van der Waals surface area contributed by atoms with Gasteiger partial charge in [-0.05, 0) is 57.4 Å². The minimum absolute atomic E-state index is 0.102. The van der Waals surface area contributed by atoms with Gasteiger partial charge in [0.15, 0.2) is 5.16 Å². The fourth-order valence-electron chi connectivity index (χ4n) is 5.17. The van der Waals surface area contributed by atoms with Gasteiger partial charge in [0.1, 0.15) is 0 Å². The normalized spacial score (nSPS) is 15.5. The van der Waals surface area contributed by atoms with Gasteiger partial charge in [0.05, 0.1) is 21.8 Å². The lowest BCUT2D eigenvalue weighted by molar-refractivity contribution is -0.131. The smallest absolute Gasteiger partial charge is 0.267 e. The molecule has 2 aromatic heterocycles. The predicted molar refractivity (Wildman–Crippen MR) is 141 cm³/mol. The third kappa shape index (κ3) is 4.24. The number of benzene rings is 2. The van der Waals surface area contributed by atoms with Crippen LogP contribution in [0.2, 0.25) is 0 Å². The zero-order valence-corrected chi connectivity index (χ0v) is 21.5. The Morgan fingerprint density at radius 1 is 1.09 bits per heavy atom. The van der Waals surface area contributed by atoms with E-state index in [1.165, 1.54) is 31.0 Å². The van der Waals surface area contributed by atoms with Crippen LogP contribution < -0.4 is 5.56 Å². The van der Waals surface area contributed by atoms with Crippen LogP contribution in [0, 0.1) is 13.8 Å². The van der Waals surface area contributed by atoms with Crippen LogP contribution in [0.4, 0.5) is 0 Å². The molecule has 1 atom stereocenters. The molecule has 0 radical (unpaired) electrons. The zero-order chi connectivity index (χ0) is 24.7. The summed E-state index contributed by atoms with van der Waals surface area (Å²) in [6.45, 7) is 5.95. The Morgan fingerprint density at radius 2 is 1.83 bits per heavy atom. The van der Waals surface area contributed by atoms with Crippen LogP contribution in [-0.2, 0) is 4.79 Å². The van der Waals surface area contributed by atoms with E-state index in [9.17, 15) is 9.59 Å². The molecule has 4 aromatic rings. The van der Waals surface area contributed by atoms with Crippen molar-refractivity contribution in [1.29, 1.82) is 0 Å². The first-order chi connectivity index (χ1) is 16.9. The average molecular weight is 490 g/mol. The highest BCUT2D eigenvalue weighted by molar-refractivity contribution is 8.00. The number of thioether (sulfide) groups is 1. The van der Waals surface area contributed by atoms with E-state index in [4.69, 9.17) is 0 Å². The van der Waals surface area contributed by atoms with Crippen LogP contribution in [0.3, 0.4) is 0 Å². The number of aromatic nitrogens is 4. The van der Waals surface area contributed by atoms with Crippen LogP contribution in [0.15, 0.2) is 52.4 Å². The van der Waals surface area contributed by atoms with E-state index in [1.807, 2.05) is 73.5 Å². The molecule has 8 heteroatoms. The van der Waals surface area contributed by atoms with Gasteiger partial charge in [-0.2, -0.15) is 0 Å². The summed E-state index contributed by atoms with van der Waals surface area (Å²) in [5.41, 5.74) is 3.50. The van der Waals surface area contributed by atoms with Gasteiger partial charge >= 0.3 is 0 Å². The fraction of sp³-hybridized carbons (Fsp3) is 0.407. The number of hydrogen-bond donors (Lipinski definition) is 0. The minimum atomic E-state index is -0.324. The van der Waals surface area contributed by atoms with Gasteiger partial charge in [-0.15, -0.1) is 10.2 Å². The number of fused-ring (bicyclic) bond motifs is 3. The van der Waals surface area contributed by atoms with Gasteiger partial charge < -0.3 is 4.90 Å². The van der Waals surface area contributed by atoms with E-state index >= 15 is 0 Å². The van der Waals surface area contributed by atoms with Gasteiger partial charge in [0, 0.05) is 13.1 Å². The van der Waals surface area contributed by atoms with Crippen LogP contribution in [0.25, 0.3) is 22.4 Å². The quantitative estimate of drug-likeness (QED) is 0.372. The molecule has 35 heavy (non-hydrogen) atoms. The van der Waals surface area contributed by atoms with Gasteiger partial charge in [-0.25, -0.2) is 4.57 Å². The van der Waals surface area contributed by atoms with Crippen molar-refractivity contribution in [2.45, 2.75) is 69.3 Å². The van der Waals surface area contributed by atoms with Crippen LogP contribution >= 0.6 is 11.8 Å². The third-order valence-corrected chi connectivity index (χ3v) is 8.12. The van der Waals surface area contributed by atoms with Gasteiger partial charge in [0.25, 0.3) is 5.56 Å². The SMILES string of the molecule is Cc1ccc(-n2c(=O)c3ccccc3n3c(SC(C)C(=O)N(C)C4CCCCC4)nnc23)c(C)c1. The highest BCUT2D eigenvalue weighted by Gasteiger charge is 2.28. The van der Waals surface area contributed by atoms with Crippen molar-refractivity contribution in [3.8, 4) is 5.69 Å². The lowest BCUT2D eigenvalue weighted by atomic mass is 9.94. The molecule has 2 aromatic carbocycles. The van der Waals surface area contributed by atoms with E-state index in [0.29, 0.717) is 22.4 Å². The molecule has 0 spiro atoms. The first kappa shape index (κ1) is 23.6. The van der Waals surface area contributed by atoms with E-state index in [2.05, 4.69) is 16.3 Å². The summed E-state index contributed by atoms with van der Waals surface area (Å²) in [5, 5.41) is 9.77. The molecule has 1 amide bonds. The molecule has 0 N–H and O–H groups in total. The Bertz CT molecular complexity index is 1470. The number of hydrogen-bond acceptors (Lipinski definition) is 5. The van der Waals surface area contributed by atoms with E-state index in [0.717, 1.165) is 35.2 Å². The second-order valence-electron chi connectivity index (χ2n) is 9.57. The van der Waals surface area contributed by atoms with Crippen LogP contribution in [0.5, 0.6) is 0 Å². The Hall–Kier alpha value is -3.13. The van der Waals surface area contributed by atoms with Crippen LogP contribution in [-0.4, -0.2) is 48.3 Å². The molecule has 2 heterocycles. The lowest BCUT2D eigenvalue weighted by Crippen LogP contribution is -2.42. The van der Waals surface area contributed by atoms with E-state index in [-0.39, 0.29) is 16.7 Å². The summed E-state index contributed by atoms with van der Waals surface area (Å²) in [6, 6.07) is 13.8. The Labute approximate surface area is 209 Å². The van der Waals surface area contributed by atoms with Gasteiger partial charge in [0.2, 0.25) is 11.7 Å². The Morgan fingerprint density at radius 3 is 2.57 bits per heavy atom. The maximum absolute atomic E-state index is 13.6. The van der Waals surface area contributed by atoms with Crippen molar-refractivity contribution in [3.63, 3.8) is 0 Å². The number of para-hydroxylation sites is 1. The number of nitrogens with zero attached hydrogens (tertiary/aromatic N) is 5. The average Bonchev–Trinajstić information content (AvgIpc) is 3.28. The predicted octanol–water partition coefficient (Wildman–Crippen LogP) is 4.92. The number of carbonyl (C=O) groups excluding carboxylic acids is 1. The van der Waals surface area contributed by atoms with Crippen LogP contribution in [0.1, 0.15) is 50.2 Å². The molecular weight excluding hydrogens is 458 g/mol. The van der Waals surface area contributed by atoms with Crippen molar-refractivity contribution >= 4 is 34.3 Å². The van der Waals surface area contributed by atoms with Gasteiger partial charge in [-0.1, -0.05) is 60.9 Å². The van der Waals surface area contributed by atoms with E-state index < -0.39 is 0 Å². The highest BCUT2D eigenvalue weighted by Crippen LogP contribution is 2.29. The minimum Gasteiger partial charge on any atom is -0.342 e. The molecule has 7 nitrogen and oxygen atoms in total. The van der Waals surface area contributed by atoms with Crippen molar-refractivity contribution in [1.82, 2.24) is 24.1 Å². The molecule has 1 aliphatic carbocycles. The first-order valence-electron chi connectivity index (χ1n) is 12.3. The van der Waals surface area contributed by atoms with Crippen molar-refractivity contribution < 1.29 is 4.79 Å². The van der Waals surface area contributed by atoms with Crippen molar-refractivity contribution in [2.75, 3.05) is 7.05 Å². The van der Waals surface area contributed by atoms with Crippen molar-refractivity contribution in [2.24, 2.45) is 0 Å². The summed E-state index contributed by atoms with van der Waals surface area (Å²) < 4.78 is 3.54. The maximum Gasteiger partial charge on any atom is 0.267 e. The molecule has 1 aliphatic rings. The summed E-state index contributed by atoms with van der Waals surface area (Å²) in [7, 11) is 1.92. The molecule has 1 fully saturated rings. The largest absolute Gasteiger partial charge is 0.342 e. The maximum atomic E-state index is 13.6. The molecule has 0 bridgehead atoms. The Balaban J connectivity index is 1.59. The molecule has 0 saturated heterocycles. The zero-order valence-electron chi connectivity index (χ0n) is 20.7. The first-order valence-corrected chi connectivity index (χ1v) is 13.1. The number of aryl methyl sites for hydroxylation is 2. The lowest BCUT2D eigenvalue weighted by Gasteiger charge is -2.32. The standard InChI is InChI=1S/C27H31N5O2S/c1-17-14-15-22(18(2)16-17)31-25(34)21-12-8-9-13-23(21)32-26(31)28-29-27(32)35-19(3)24(33)30(4)20-10-6-5-7-11-20/h8-9,12-16,19-20H,5-7,10-11H2,1-4H3. The number of amides is 1. The number of carbonyl (C=O) groups is 1. The molecule has 0 aliphatic heterocycles. The molecule has 5 rings (SSSR count). The monoisotopic (exact) mass is 489 g/mol.